The maximum Gasteiger partial charge on any atom is 0.261 e. The third-order valence-corrected chi connectivity index (χ3v) is 5.56. The van der Waals surface area contributed by atoms with Crippen molar-refractivity contribution in [2.24, 2.45) is 0 Å². The van der Waals surface area contributed by atoms with E-state index in [2.05, 4.69) is 33.0 Å². The van der Waals surface area contributed by atoms with Crippen molar-refractivity contribution in [3.63, 3.8) is 0 Å². The van der Waals surface area contributed by atoms with Crippen LogP contribution >= 0.6 is 0 Å². The summed E-state index contributed by atoms with van der Waals surface area (Å²) in [5.41, 5.74) is 2.39. The maximum absolute atomic E-state index is 13.1. The van der Waals surface area contributed by atoms with Gasteiger partial charge in [0.25, 0.3) is 5.91 Å². The summed E-state index contributed by atoms with van der Waals surface area (Å²) < 4.78 is 5.77. The molecule has 5 heteroatoms. The Hall–Kier alpha value is -2.82. The van der Waals surface area contributed by atoms with Gasteiger partial charge in [0, 0.05) is 13.1 Å². The topological polar surface area (TPSA) is 58.6 Å². The first-order valence-corrected chi connectivity index (χ1v) is 11.6. The van der Waals surface area contributed by atoms with Gasteiger partial charge in [-0.25, -0.2) is 0 Å². The van der Waals surface area contributed by atoms with Crippen LogP contribution in [0.1, 0.15) is 58.6 Å². The standard InChI is InChI=1S/C27H38N2O3/c1-6-7-18-28-26(31)21(2)29(19-17-22-11-9-8-10-12-22)25(30)20-32-24-15-13-23(14-16-24)27(3,4)5/h8-16,21H,6-7,17-20H2,1-5H3,(H,28,31)/t21-/m0/s1. The molecule has 0 bridgehead atoms. The van der Waals surface area contributed by atoms with Gasteiger partial charge in [-0.05, 0) is 48.4 Å². The lowest BCUT2D eigenvalue weighted by Gasteiger charge is -2.28. The number of carbonyl (C=O) groups is 2. The molecule has 0 aliphatic heterocycles. The Morgan fingerprint density at radius 1 is 1.03 bits per heavy atom. The van der Waals surface area contributed by atoms with Gasteiger partial charge in [0.2, 0.25) is 5.91 Å². The number of unbranched alkanes of at least 4 members (excludes halogenated alkanes) is 1. The Labute approximate surface area is 193 Å². The lowest BCUT2D eigenvalue weighted by molar-refractivity contribution is -0.141. The molecule has 0 radical (unpaired) electrons. The fraction of sp³-hybridized carbons (Fsp3) is 0.481. The minimum absolute atomic E-state index is 0.0587. The van der Waals surface area contributed by atoms with Gasteiger partial charge in [-0.1, -0.05) is 76.6 Å². The second-order valence-corrected chi connectivity index (χ2v) is 9.21. The minimum atomic E-state index is -0.560. The normalized spacial score (nSPS) is 12.2. The highest BCUT2D eigenvalue weighted by Gasteiger charge is 2.26. The molecule has 174 valence electrons. The van der Waals surface area contributed by atoms with E-state index in [1.165, 1.54) is 5.56 Å². The van der Waals surface area contributed by atoms with Crippen molar-refractivity contribution in [2.75, 3.05) is 19.7 Å². The second-order valence-electron chi connectivity index (χ2n) is 9.21. The van der Waals surface area contributed by atoms with E-state index in [1.807, 2.05) is 54.6 Å². The Kier molecular flexibility index (Phi) is 9.76. The molecular weight excluding hydrogens is 400 g/mol. The number of carbonyl (C=O) groups excluding carboxylic acids is 2. The first kappa shape index (κ1) is 25.4. The molecule has 1 atom stereocenters. The molecule has 0 saturated carbocycles. The number of rotatable bonds is 11. The van der Waals surface area contributed by atoms with Crippen LogP contribution in [-0.2, 0) is 21.4 Å². The van der Waals surface area contributed by atoms with E-state index in [4.69, 9.17) is 4.74 Å². The van der Waals surface area contributed by atoms with E-state index < -0.39 is 6.04 Å². The molecule has 0 aliphatic rings. The zero-order chi connectivity index (χ0) is 23.6. The van der Waals surface area contributed by atoms with Crippen molar-refractivity contribution in [3.8, 4) is 5.75 Å². The summed E-state index contributed by atoms with van der Waals surface area (Å²) in [4.78, 5) is 27.3. The van der Waals surface area contributed by atoms with E-state index in [9.17, 15) is 9.59 Å². The summed E-state index contributed by atoms with van der Waals surface area (Å²) in [6.45, 7) is 11.3. The average Bonchev–Trinajstić information content (AvgIpc) is 2.78. The number of hydrogen-bond acceptors (Lipinski definition) is 3. The molecule has 0 unspecified atom stereocenters. The molecule has 0 aromatic heterocycles. The summed E-state index contributed by atoms with van der Waals surface area (Å²) in [7, 11) is 0. The van der Waals surface area contributed by atoms with Crippen LogP contribution in [-0.4, -0.2) is 42.5 Å². The van der Waals surface area contributed by atoms with Crippen molar-refractivity contribution in [1.82, 2.24) is 10.2 Å². The average molecular weight is 439 g/mol. The highest BCUT2D eigenvalue weighted by Crippen LogP contribution is 2.24. The molecule has 2 rings (SSSR count). The van der Waals surface area contributed by atoms with Crippen LogP contribution in [0.4, 0.5) is 0 Å². The van der Waals surface area contributed by atoms with E-state index in [0.29, 0.717) is 25.3 Å². The summed E-state index contributed by atoms with van der Waals surface area (Å²) in [5.74, 6) is 0.322. The molecule has 0 spiro atoms. The Morgan fingerprint density at radius 3 is 2.28 bits per heavy atom. The SMILES string of the molecule is CCCCNC(=O)[C@H](C)N(CCc1ccccc1)C(=O)COc1ccc(C(C)(C)C)cc1. The van der Waals surface area contributed by atoms with Gasteiger partial charge in [0.05, 0.1) is 0 Å². The van der Waals surface area contributed by atoms with Crippen molar-refractivity contribution >= 4 is 11.8 Å². The molecular formula is C27H38N2O3. The number of nitrogens with zero attached hydrogens (tertiary/aromatic N) is 1. The van der Waals surface area contributed by atoms with Gasteiger partial charge < -0.3 is 15.0 Å². The predicted octanol–water partition coefficient (Wildman–Crippen LogP) is 4.74. The van der Waals surface area contributed by atoms with E-state index >= 15 is 0 Å². The number of nitrogens with one attached hydrogen (secondary N) is 1. The Balaban J connectivity index is 2.03. The molecule has 0 heterocycles. The number of ether oxygens (including phenoxy) is 1. The zero-order valence-corrected chi connectivity index (χ0v) is 20.2. The molecule has 2 aromatic carbocycles. The van der Waals surface area contributed by atoms with Gasteiger partial charge in [0.15, 0.2) is 6.61 Å². The lowest BCUT2D eigenvalue weighted by Crippen LogP contribution is -2.50. The van der Waals surface area contributed by atoms with Gasteiger partial charge >= 0.3 is 0 Å². The molecule has 32 heavy (non-hydrogen) atoms. The third-order valence-electron chi connectivity index (χ3n) is 5.56. The minimum Gasteiger partial charge on any atom is -0.484 e. The van der Waals surface area contributed by atoms with Gasteiger partial charge in [-0.15, -0.1) is 0 Å². The van der Waals surface area contributed by atoms with Crippen molar-refractivity contribution in [3.05, 3.63) is 65.7 Å². The Morgan fingerprint density at radius 2 is 1.69 bits per heavy atom. The van der Waals surface area contributed by atoms with E-state index in [0.717, 1.165) is 18.4 Å². The summed E-state index contributed by atoms with van der Waals surface area (Å²) in [6.07, 6.45) is 2.61. The largest absolute Gasteiger partial charge is 0.484 e. The van der Waals surface area contributed by atoms with E-state index in [1.54, 1.807) is 11.8 Å². The number of amides is 2. The fourth-order valence-corrected chi connectivity index (χ4v) is 3.39. The Bertz CT molecular complexity index is 841. The smallest absolute Gasteiger partial charge is 0.261 e. The molecule has 0 aliphatic carbocycles. The monoisotopic (exact) mass is 438 g/mol. The van der Waals surface area contributed by atoms with Crippen LogP contribution < -0.4 is 10.1 Å². The molecule has 0 saturated heterocycles. The van der Waals surface area contributed by atoms with E-state index in [-0.39, 0.29) is 23.8 Å². The van der Waals surface area contributed by atoms with Crippen LogP contribution in [0, 0.1) is 0 Å². The maximum atomic E-state index is 13.1. The number of benzene rings is 2. The number of hydrogen-bond donors (Lipinski definition) is 1. The first-order valence-electron chi connectivity index (χ1n) is 11.6. The highest BCUT2D eigenvalue weighted by molar-refractivity contribution is 5.87. The third kappa shape index (κ3) is 8.03. The molecule has 2 amide bonds. The second kappa shape index (κ2) is 12.3. The van der Waals surface area contributed by atoms with Crippen LogP contribution in [0.2, 0.25) is 0 Å². The molecule has 5 nitrogen and oxygen atoms in total. The fourth-order valence-electron chi connectivity index (χ4n) is 3.39. The van der Waals surface area contributed by atoms with Crippen molar-refractivity contribution < 1.29 is 14.3 Å². The van der Waals surface area contributed by atoms with Crippen LogP contribution in [0.3, 0.4) is 0 Å². The lowest BCUT2D eigenvalue weighted by atomic mass is 9.87. The summed E-state index contributed by atoms with van der Waals surface area (Å²) in [5, 5.41) is 2.94. The highest BCUT2D eigenvalue weighted by atomic mass is 16.5. The quantitative estimate of drug-likeness (QED) is 0.516. The summed E-state index contributed by atoms with van der Waals surface area (Å²) in [6, 6.07) is 17.3. The molecule has 1 N–H and O–H groups in total. The van der Waals surface area contributed by atoms with Crippen molar-refractivity contribution in [2.45, 2.75) is 65.3 Å². The van der Waals surface area contributed by atoms with Gasteiger partial charge in [-0.2, -0.15) is 0 Å². The van der Waals surface area contributed by atoms with Gasteiger partial charge in [0.1, 0.15) is 11.8 Å². The van der Waals surface area contributed by atoms with Crippen LogP contribution in [0.25, 0.3) is 0 Å². The van der Waals surface area contributed by atoms with Gasteiger partial charge in [-0.3, -0.25) is 9.59 Å². The summed E-state index contributed by atoms with van der Waals surface area (Å²) >= 11 is 0. The molecule has 2 aromatic rings. The predicted molar refractivity (Wildman–Crippen MR) is 130 cm³/mol. The van der Waals surface area contributed by atoms with Crippen molar-refractivity contribution in [1.29, 1.82) is 0 Å². The zero-order valence-electron chi connectivity index (χ0n) is 20.2. The first-order chi connectivity index (χ1) is 15.2. The molecule has 0 fully saturated rings. The van der Waals surface area contributed by atoms with Crippen LogP contribution in [0.5, 0.6) is 5.75 Å². The van der Waals surface area contributed by atoms with Crippen LogP contribution in [0.15, 0.2) is 54.6 Å².